The Morgan fingerprint density at radius 1 is 1.21 bits per heavy atom. The van der Waals surface area contributed by atoms with Crippen molar-refractivity contribution in [1.29, 1.82) is 0 Å². The van der Waals surface area contributed by atoms with E-state index in [9.17, 15) is 13.6 Å². The first kappa shape index (κ1) is 9.87. The number of amides is 1. The van der Waals surface area contributed by atoms with Crippen molar-refractivity contribution in [3.05, 3.63) is 0 Å². The molecule has 0 aromatic rings. The molecule has 1 amide bonds. The molecule has 2 fully saturated rings. The Morgan fingerprint density at radius 2 is 1.86 bits per heavy atom. The normalized spacial score (nSPS) is 33.0. The number of carbonyl (C=O) groups excluding carboxylic acids is 1. The predicted molar refractivity (Wildman–Crippen MR) is 48.0 cm³/mol. The first-order chi connectivity index (χ1) is 6.57. The number of alkyl halides is 2. The summed E-state index contributed by atoms with van der Waals surface area (Å²) >= 11 is 0. The maximum Gasteiger partial charge on any atom is 0.248 e. The Balaban J connectivity index is 1.86. The van der Waals surface area contributed by atoms with E-state index >= 15 is 0 Å². The fraction of sp³-hybridized carbons (Fsp3) is 0.900. The molecule has 80 valence electrons. The molecule has 1 heterocycles. The van der Waals surface area contributed by atoms with Crippen LogP contribution in [0, 0.1) is 11.8 Å². The summed E-state index contributed by atoms with van der Waals surface area (Å²) in [6.07, 6.45) is 1.69. The van der Waals surface area contributed by atoms with Gasteiger partial charge in [0, 0.05) is 25.8 Å². The minimum absolute atomic E-state index is 0.00234. The number of halogens is 2. The van der Waals surface area contributed by atoms with E-state index in [4.69, 9.17) is 0 Å². The molecule has 0 spiro atoms. The van der Waals surface area contributed by atoms with E-state index in [1.54, 1.807) is 0 Å². The van der Waals surface area contributed by atoms with Crippen LogP contribution in [0.5, 0.6) is 0 Å². The molecule has 4 heteroatoms. The lowest BCUT2D eigenvalue weighted by atomic mass is 9.78. The van der Waals surface area contributed by atoms with Crippen LogP contribution >= 0.6 is 0 Å². The van der Waals surface area contributed by atoms with Gasteiger partial charge in [0.1, 0.15) is 0 Å². The summed E-state index contributed by atoms with van der Waals surface area (Å²) in [6.45, 7) is 0.690. The highest BCUT2D eigenvalue weighted by Crippen LogP contribution is 2.40. The van der Waals surface area contributed by atoms with Gasteiger partial charge in [-0.25, -0.2) is 8.78 Å². The first-order valence-corrected chi connectivity index (χ1v) is 5.21. The van der Waals surface area contributed by atoms with Gasteiger partial charge in [0.25, 0.3) is 0 Å². The molecule has 0 bridgehead atoms. The van der Waals surface area contributed by atoms with Gasteiger partial charge >= 0.3 is 0 Å². The van der Waals surface area contributed by atoms with Crippen LogP contribution in [0.3, 0.4) is 0 Å². The van der Waals surface area contributed by atoms with E-state index in [0.29, 0.717) is 37.6 Å². The Bertz CT molecular complexity index is 232. The quantitative estimate of drug-likeness (QED) is 0.693. The lowest BCUT2D eigenvalue weighted by Crippen LogP contribution is -2.29. The molecule has 1 N–H and O–H groups in total. The van der Waals surface area contributed by atoms with Crippen molar-refractivity contribution in [2.45, 2.75) is 38.0 Å². The second-order valence-electron chi connectivity index (χ2n) is 4.46. The third kappa shape index (κ3) is 2.04. The molecule has 0 aromatic heterocycles. The fourth-order valence-corrected chi connectivity index (χ4v) is 2.49. The van der Waals surface area contributed by atoms with Crippen molar-refractivity contribution >= 4 is 5.91 Å². The minimum Gasteiger partial charge on any atom is -0.356 e. The molecule has 1 saturated heterocycles. The Labute approximate surface area is 82.1 Å². The molecule has 1 aliphatic carbocycles. The number of rotatable bonds is 1. The van der Waals surface area contributed by atoms with Crippen molar-refractivity contribution in [3.8, 4) is 0 Å². The largest absolute Gasteiger partial charge is 0.356 e. The Morgan fingerprint density at radius 3 is 2.36 bits per heavy atom. The van der Waals surface area contributed by atoms with Crippen LogP contribution in [-0.4, -0.2) is 18.4 Å². The zero-order valence-electron chi connectivity index (χ0n) is 8.06. The lowest BCUT2D eigenvalue weighted by molar-refractivity contribution is -0.119. The van der Waals surface area contributed by atoms with Gasteiger partial charge in [0.15, 0.2) is 0 Å². The number of carbonyl (C=O) groups is 1. The van der Waals surface area contributed by atoms with Gasteiger partial charge in [-0.1, -0.05) is 0 Å². The predicted octanol–water partition coefficient (Wildman–Crippen LogP) is 1.95. The smallest absolute Gasteiger partial charge is 0.248 e. The topological polar surface area (TPSA) is 29.1 Å². The van der Waals surface area contributed by atoms with Crippen molar-refractivity contribution in [3.63, 3.8) is 0 Å². The molecule has 0 aromatic carbocycles. The number of hydrogen-bond acceptors (Lipinski definition) is 1. The van der Waals surface area contributed by atoms with Crippen LogP contribution in [0.4, 0.5) is 8.78 Å². The third-order valence-corrected chi connectivity index (χ3v) is 3.44. The van der Waals surface area contributed by atoms with Gasteiger partial charge < -0.3 is 5.32 Å². The third-order valence-electron chi connectivity index (χ3n) is 3.44. The molecule has 14 heavy (non-hydrogen) atoms. The fourth-order valence-electron chi connectivity index (χ4n) is 2.49. The minimum atomic E-state index is -2.45. The average molecular weight is 203 g/mol. The van der Waals surface area contributed by atoms with Gasteiger partial charge in [0.2, 0.25) is 11.8 Å². The second kappa shape index (κ2) is 3.48. The van der Waals surface area contributed by atoms with Crippen molar-refractivity contribution in [1.82, 2.24) is 5.32 Å². The van der Waals surface area contributed by atoms with Gasteiger partial charge in [-0.2, -0.15) is 0 Å². The highest BCUT2D eigenvalue weighted by atomic mass is 19.3. The molecule has 0 radical (unpaired) electrons. The summed E-state index contributed by atoms with van der Waals surface area (Å²) in [5, 5.41) is 2.76. The molecule has 1 saturated carbocycles. The highest BCUT2D eigenvalue weighted by molar-refractivity contribution is 5.78. The van der Waals surface area contributed by atoms with E-state index in [-0.39, 0.29) is 18.7 Å². The van der Waals surface area contributed by atoms with Crippen molar-refractivity contribution < 1.29 is 13.6 Å². The molecule has 1 aliphatic heterocycles. The van der Waals surface area contributed by atoms with Crippen LogP contribution in [0.15, 0.2) is 0 Å². The van der Waals surface area contributed by atoms with Gasteiger partial charge in [0.05, 0.1) is 0 Å². The van der Waals surface area contributed by atoms with Crippen molar-refractivity contribution in [2.24, 2.45) is 11.8 Å². The molecule has 2 rings (SSSR count). The molecule has 2 nitrogen and oxygen atoms in total. The molecular weight excluding hydrogens is 188 g/mol. The number of hydrogen-bond donors (Lipinski definition) is 1. The van der Waals surface area contributed by atoms with Crippen LogP contribution in [-0.2, 0) is 4.79 Å². The Kier molecular flexibility index (Phi) is 2.45. The second-order valence-corrected chi connectivity index (χ2v) is 4.46. The molecule has 1 atom stereocenters. The van der Waals surface area contributed by atoms with Crippen LogP contribution in [0.2, 0.25) is 0 Å². The molecular formula is C10H15F2NO. The van der Waals surface area contributed by atoms with E-state index in [1.807, 2.05) is 0 Å². The monoisotopic (exact) mass is 203 g/mol. The van der Waals surface area contributed by atoms with Gasteiger partial charge in [-0.15, -0.1) is 0 Å². The summed E-state index contributed by atoms with van der Waals surface area (Å²) in [7, 11) is 0. The van der Waals surface area contributed by atoms with Gasteiger partial charge in [-0.05, 0) is 24.7 Å². The molecule has 2 aliphatic rings. The maximum atomic E-state index is 12.9. The lowest BCUT2D eigenvalue weighted by Gasteiger charge is -2.31. The van der Waals surface area contributed by atoms with Crippen LogP contribution < -0.4 is 5.32 Å². The summed E-state index contributed by atoms with van der Waals surface area (Å²) in [5.74, 6) is -1.74. The molecule has 1 unspecified atom stereocenters. The first-order valence-electron chi connectivity index (χ1n) is 5.21. The summed E-state index contributed by atoms with van der Waals surface area (Å²) in [6, 6.07) is 0. The number of nitrogens with one attached hydrogen (secondary N) is 1. The van der Waals surface area contributed by atoms with Crippen LogP contribution in [0.25, 0.3) is 0 Å². The van der Waals surface area contributed by atoms with Crippen LogP contribution in [0.1, 0.15) is 32.1 Å². The zero-order chi connectivity index (χ0) is 10.2. The van der Waals surface area contributed by atoms with Crippen molar-refractivity contribution in [2.75, 3.05) is 6.54 Å². The summed E-state index contributed by atoms with van der Waals surface area (Å²) in [4.78, 5) is 11.0. The maximum absolute atomic E-state index is 12.9. The van der Waals surface area contributed by atoms with E-state index < -0.39 is 5.92 Å². The average Bonchev–Trinajstić information content (AvgIpc) is 2.52. The summed E-state index contributed by atoms with van der Waals surface area (Å²) in [5.41, 5.74) is 0. The standard InChI is InChI=1S/C10H15F2NO/c11-10(12)3-1-7(2-4-10)8-5-9(14)13-6-8/h7-8H,1-6H2,(H,13,14). The van der Waals surface area contributed by atoms with E-state index in [2.05, 4.69) is 5.32 Å². The Hall–Kier alpha value is -0.670. The SMILES string of the molecule is O=C1CC(C2CCC(F)(F)CC2)CN1. The van der Waals surface area contributed by atoms with E-state index in [1.165, 1.54) is 0 Å². The zero-order valence-corrected chi connectivity index (χ0v) is 8.06. The highest BCUT2D eigenvalue weighted by Gasteiger charge is 2.39. The summed E-state index contributed by atoms with van der Waals surface area (Å²) < 4.78 is 25.7. The van der Waals surface area contributed by atoms with Gasteiger partial charge in [-0.3, -0.25) is 4.79 Å². The van der Waals surface area contributed by atoms with E-state index in [0.717, 1.165) is 0 Å².